The van der Waals surface area contributed by atoms with Crippen LogP contribution >= 0.6 is 0 Å². The summed E-state index contributed by atoms with van der Waals surface area (Å²) in [4.78, 5) is 6.12. The zero-order valence-corrected chi connectivity index (χ0v) is 11.5. The minimum atomic E-state index is -4.06. The molecule has 3 nitrogen and oxygen atoms in total. The van der Waals surface area contributed by atoms with Gasteiger partial charge in [0.05, 0.1) is 11.9 Å². The van der Waals surface area contributed by atoms with Crippen molar-refractivity contribution >= 4 is 11.5 Å². The Morgan fingerprint density at radius 3 is 2.47 bits per heavy atom. The summed E-state index contributed by atoms with van der Waals surface area (Å²) in [6.07, 6.45) is -2.48. The van der Waals surface area contributed by atoms with Crippen molar-refractivity contribution in [2.45, 2.75) is 38.4 Å². The van der Waals surface area contributed by atoms with E-state index in [0.29, 0.717) is 6.42 Å². The summed E-state index contributed by atoms with van der Waals surface area (Å²) >= 11 is 0. The minimum Gasteiger partial charge on any atom is -0.381 e. The van der Waals surface area contributed by atoms with Crippen molar-refractivity contribution in [1.29, 1.82) is 0 Å². The van der Waals surface area contributed by atoms with Gasteiger partial charge in [-0.25, -0.2) is 4.98 Å². The first-order valence-electron chi connectivity index (χ1n) is 6.24. The molecule has 1 aromatic rings. The first-order chi connectivity index (χ1) is 8.78. The highest BCUT2D eigenvalue weighted by Gasteiger charge is 2.26. The van der Waals surface area contributed by atoms with Gasteiger partial charge in [-0.2, -0.15) is 13.2 Å². The fourth-order valence-corrected chi connectivity index (χ4v) is 1.70. The Balaban J connectivity index is 2.38. The second-order valence-electron chi connectivity index (χ2n) is 4.85. The molecule has 19 heavy (non-hydrogen) atoms. The van der Waals surface area contributed by atoms with Crippen molar-refractivity contribution in [1.82, 2.24) is 4.98 Å². The molecule has 6 heteroatoms. The Morgan fingerprint density at radius 1 is 1.32 bits per heavy atom. The average Bonchev–Trinajstić information content (AvgIpc) is 2.27. The summed E-state index contributed by atoms with van der Waals surface area (Å²) in [6, 6.07) is 3.74. The first-order valence-corrected chi connectivity index (χ1v) is 6.24. The van der Waals surface area contributed by atoms with Gasteiger partial charge in [0.1, 0.15) is 5.82 Å². The van der Waals surface area contributed by atoms with Gasteiger partial charge in [-0.1, -0.05) is 0 Å². The fraction of sp³-hybridized carbons (Fsp3) is 0.615. The average molecular weight is 275 g/mol. The Labute approximate surface area is 111 Å². The van der Waals surface area contributed by atoms with Crippen LogP contribution in [-0.2, 0) is 0 Å². The molecule has 0 fully saturated rings. The molecule has 0 aromatic carbocycles. The molecule has 0 amide bonds. The molecular formula is C13H20F3N3. The molecule has 1 rings (SSSR count). The summed E-state index contributed by atoms with van der Waals surface area (Å²) in [5.41, 5.74) is 0.824. The molecule has 0 saturated heterocycles. The van der Waals surface area contributed by atoms with E-state index in [-0.39, 0.29) is 12.5 Å². The van der Waals surface area contributed by atoms with Gasteiger partial charge in [0.25, 0.3) is 0 Å². The van der Waals surface area contributed by atoms with Crippen LogP contribution in [0.2, 0.25) is 0 Å². The van der Waals surface area contributed by atoms with E-state index in [0.717, 1.165) is 11.5 Å². The van der Waals surface area contributed by atoms with Crippen molar-refractivity contribution in [3.63, 3.8) is 0 Å². The number of halogens is 3. The maximum atomic E-state index is 12.0. The summed E-state index contributed by atoms with van der Waals surface area (Å²) < 4.78 is 36.1. The Bertz CT molecular complexity index is 374. The molecule has 0 spiro atoms. The number of anilines is 2. The van der Waals surface area contributed by atoms with E-state index < -0.39 is 12.6 Å². The Hall–Kier alpha value is -1.46. The third-order valence-corrected chi connectivity index (χ3v) is 2.72. The van der Waals surface area contributed by atoms with Gasteiger partial charge in [0, 0.05) is 26.6 Å². The van der Waals surface area contributed by atoms with Crippen LogP contribution < -0.4 is 10.2 Å². The number of alkyl halides is 3. The summed E-state index contributed by atoms with van der Waals surface area (Å²) in [6.45, 7) is 1.87. The molecule has 0 aliphatic carbocycles. The van der Waals surface area contributed by atoms with Crippen LogP contribution in [0.5, 0.6) is 0 Å². The lowest BCUT2D eigenvalue weighted by molar-refractivity contribution is -0.135. The van der Waals surface area contributed by atoms with Crippen molar-refractivity contribution in [2.75, 3.05) is 24.3 Å². The molecule has 0 aliphatic heterocycles. The second kappa shape index (κ2) is 6.63. The maximum absolute atomic E-state index is 12.0. The second-order valence-corrected chi connectivity index (χ2v) is 4.85. The molecule has 0 radical (unpaired) electrons. The lowest BCUT2D eigenvalue weighted by Gasteiger charge is -2.17. The van der Waals surface area contributed by atoms with Crippen molar-refractivity contribution in [3.05, 3.63) is 18.3 Å². The molecule has 0 bridgehead atoms. The predicted molar refractivity (Wildman–Crippen MR) is 71.6 cm³/mol. The van der Waals surface area contributed by atoms with Crippen LogP contribution in [0, 0.1) is 0 Å². The molecule has 1 N–H and O–H groups in total. The third-order valence-electron chi connectivity index (χ3n) is 2.72. The number of hydrogen-bond donors (Lipinski definition) is 1. The first kappa shape index (κ1) is 15.6. The van der Waals surface area contributed by atoms with E-state index in [1.807, 2.05) is 38.1 Å². The number of aromatic nitrogens is 1. The van der Waals surface area contributed by atoms with E-state index in [1.54, 1.807) is 6.20 Å². The van der Waals surface area contributed by atoms with Crippen LogP contribution in [0.1, 0.15) is 26.2 Å². The molecular weight excluding hydrogens is 255 g/mol. The van der Waals surface area contributed by atoms with Gasteiger partial charge in [-0.3, -0.25) is 0 Å². The van der Waals surface area contributed by atoms with Crippen molar-refractivity contribution < 1.29 is 13.2 Å². The van der Waals surface area contributed by atoms with Gasteiger partial charge in [-0.05, 0) is 31.9 Å². The van der Waals surface area contributed by atoms with Crippen LogP contribution in [0.15, 0.2) is 18.3 Å². The maximum Gasteiger partial charge on any atom is 0.389 e. The van der Waals surface area contributed by atoms with Crippen LogP contribution in [0.25, 0.3) is 0 Å². The van der Waals surface area contributed by atoms with E-state index >= 15 is 0 Å². The molecule has 1 heterocycles. The third kappa shape index (κ3) is 6.31. The predicted octanol–water partition coefficient (Wildman–Crippen LogP) is 3.68. The minimum absolute atomic E-state index is 0.00523. The number of nitrogens with zero attached hydrogens (tertiary/aromatic N) is 2. The molecule has 0 aliphatic rings. The van der Waals surface area contributed by atoms with Crippen LogP contribution in [0.3, 0.4) is 0 Å². The SMILES string of the molecule is CC(CCCC(F)(F)F)Nc1ccc(N(C)C)nc1. The largest absolute Gasteiger partial charge is 0.389 e. The quantitative estimate of drug-likeness (QED) is 0.858. The van der Waals surface area contributed by atoms with E-state index in [2.05, 4.69) is 10.3 Å². The number of pyridine rings is 1. The van der Waals surface area contributed by atoms with Gasteiger partial charge in [0.15, 0.2) is 0 Å². The van der Waals surface area contributed by atoms with E-state index in [1.165, 1.54) is 0 Å². The van der Waals surface area contributed by atoms with Gasteiger partial charge in [-0.15, -0.1) is 0 Å². The van der Waals surface area contributed by atoms with Crippen molar-refractivity contribution in [3.8, 4) is 0 Å². The standard InChI is InChI=1S/C13H20F3N3/c1-10(5-4-8-13(14,15)16)18-11-6-7-12(17-9-11)19(2)3/h6-7,9-10,18H,4-5,8H2,1-3H3. The van der Waals surface area contributed by atoms with Gasteiger partial charge in [0.2, 0.25) is 0 Å². The molecule has 1 unspecified atom stereocenters. The van der Waals surface area contributed by atoms with E-state index in [9.17, 15) is 13.2 Å². The zero-order valence-electron chi connectivity index (χ0n) is 11.5. The topological polar surface area (TPSA) is 28.2 Å². The Kier molecular flexibility index (Phi) is 5.44. The smallest absolute Gasteiger partial charge is 0.381 e. The lowest BCUT2D eigenvalue weighted by Crippen LogP contribution is -2.17. The normalized spacial score (nSPS) is 13.2. The number of rotatable bonds is 6. The van der Waals surface area contributed by atoms with Crippen LogP contribution in [-0.4, -0.2) is 31.3 Å². The summed E-state index contributed by atoms with van der Waals surface area (Å²) in [5, 5.41) is 3.15. The lowest BCUT2D eigenvalue weighted by atomic mass is 10.1. The summed E-state index contributed by atoms with van der Waals surface area (Å²) in [7, 11) is 3.80. The van der Waals surface area contributed by atoms with Crippen molar-refractivity contribution in [2.24, 2.45) is 0 Å². The molecule has 1 aromatic heterocycles. The molecule has 0 saturated carbocycles. The number of hydrogen-bond acceptors (Lipinski definition) is 3. The molecule has 1 atom stereocenters. The highest BCUT2D eigenvalue weighted by atomic mass is 19.4. The van der Waals surface area contributed by atoms with Gasteiger partial charge >= 0.3 is 6.18 Å². The molecule has 108 valence electrons. The summed E-state index contributed by atoms with van der Waals surface area (Å²) in [5.74, 6) is 0.843. The van der Waals surface area contributed by atoms with Crippen LogP contribution in [0.4, 0.5) is 24.7 Å². The highest BCUT2D eigenvalue weighted by Crippen LogP contribution is 2.23. The fourth-order valence-electron chi connectivity index (χ4n) is 1.70. The monoisotopic (exact) mass is 275 g/mol. The highest BCUT2D eigenvalue weighted by molar-refractivity contribution is 5.48. The Morgan fingerprint density at radius 2 is 2.00 bits per heavy atom. The zero-order chi connectivity index (χ0) is 14.5. The van der Waals surface area contributed by atoms with E-state index in [4.69, 9.17) is 0 Å². The number of nitrogens with one attached hydrogen (secondary N) is 1. The van der Waals surface area contributed by atoms with Gasteiger partial charge < -0.3 is 10.2 Å².